The molecule has 1 aromatic heterocycles. The predicted octanol–water partition coefficient (Wildman–Crippen LogP) is 3.21. The van der Waals surface area contributed by atoms with Crippen LogP contribution < -0.4 is 5.32 Å². The van der Waals surface area contributed by atoms with Crippen LogP contribution in [0.5, 0.6) is 0 Å². The number of nitrogens with zero attached hydrogens (tertiary/aromatic N) is 2. The van der Waals surface area contributed by atoms with Crippen LogP contribution in [0, 0.1) is 5.92 Å². The quantitative estimate of drug-likeness (QED) is 0.830. The van der Waals surface area contributed by atoms with Crippen LogP contribution in [0.25, 0.3) is 0 Å². The van der Waals surface area contributed by atoms with E-state index in [-0.39, 0.29) is 16.9 Å². The first-order valence-electron chi connectivity index (χ1n) is 6.62. The van der Waals surface area contributed by atoms with Crippen molar-refractivity contribution in [1.82, 2.24) is 9.97 Å². The molecule has 104 valence electrons. The van der Waals surface area contributed by atoms with Gasteiger partial charge in [-0.1, -0.05) is 13.3 Å². The third kappa shape index (κ3) is 3.56. The Morgan fingerprint density at radius 2 is 2.16 bits per heavy atom. The Bertz CT molecular complexity index is 459. The van der Waals surface area contributed by atoms with Crippen molar-refractivity contribution in [2.45, 2.75) is 45.1 Å². The van der Waals surface area contributed by atoms with Gasteiger partial charge in [-0.25, -0.2) is 9.78 Å². The molecule has 1 aliphatic rings. The molecule has 5 nitrogen and oxygen atoms in total. The highest BCUT2D eigenvalue weighted by Gasteiger charge is 2.22. The van der Waals surface area contributed by atoms with Crippen LogP contribution in [0.3, 0.4) is 0 Å². The van der Waals surface area contributed by atoms with E-state index in [4.69, 9.17) is 16.7 Å². The molecule has 1 heterocycles. The number of carboxylic acids is 1. The van der Waals surface area contributed by atoms with Crippen molar-refractivity contribution in [3.63, 3.8) is 0 Å². The molecule has 1 fully saturated rings. The number of anilines is 1. The molecule has 0 saturated heterocycles. The van der Waals surface area contributed by atoms with Crippen LogP contribution in [-0.2, 0) is 0 Å². The Labute approximate surface area is 117 Å². The highest BCUT2D eigenvalue weighted by molar-refractivity contribution is 6.28. The summed E-state index contributed by atoms with van der Waals surface area (Å²) in [6.45, 7) is 2.21. The van der Waals surface area contributed by atoms with Crippen molar-refractivity contribution in [1.29, 1.82) is 0 Å². The molecule has 1 aromatic rings. The van der Waals surface area contributed by atoms with Crippen molar-refractivity contribution in [3.8, 4) is 0 Å². The molecule has 2 N–H and O–H groups in total. The number of carbonyl (C=O) groups is 1. The second kappa shape index (κ2) is 6.19. The van der Waals surface area contributed by atoms with Crippen LogP contribution in [0.2, 0.25) is 5.28 Å². The summed E-state index contributed by atoms with van der Waals surface area (Å²) in [6.07, 6.45) is 6.90. The Morgan fingerprint density at radius 1 is 1.47 bits per heavy atom. The lowest BCUT2D eigenvalue weighted by Gasteiger charge is -2.29. The SMILES string of the molecule is CCC1CCC(Nc2nc(Cl)ncc2C(=O)O)CC1. The Morgan fingerprint density at radius 3 is 2.74 bits per heavy atom. The number of aromatic nitrogens is 2. The highest BCUT2D eigenvalue weighted by Crippen LogP contribution is 2.28. The van der Waals surface area contributed by atoms with Crippen LogP contribution in [0.4, 0.5) is 5.82 Å². The van der Waals surface area contributed by atoms with E-state index in [9.17, 15) is 4.79 Å². The van der Waals surface area contributed by atoms with Crippen LogP contribution in [-0.4, -0.2) is 27.1 Å². The molecule has 0 aliphatic heterocycles. The third-order valence-corrected chi connectivity index (χ3v) is 3.94. The summed E-state index contributed by atoms with van der Waals surface area (Å²) in [4.78, 5) is 18.8. The summed E-state index contributed by atoms with van der Waals surface area (Å²) in [5.41, 5.74) is 0.0713. The maximum absolute atomic E-state index is 11.1. The molecule has 19 heavy (non-hydrogen) atoms. The monoisotopic (exact) mass is 283 g/mol. The predicted molar refractivity (Wildman–Crippen MR) is 73.7 cm³/mol. The molecule has 2 rings (SSSR count). The van der Waals surface area contributed by atoms with Gasteiger partial charge in [0.2, 0.25) is 5.28 Å². The Hall–Kier alpha value is -1.36. The van der Waals surface area contributed by atoms with Gasteiger partial charge >= 0.3 is 5.97 Å². The maximum atomic E-state index is 11.1. The first-order chi connectivity index (χ1) is 9.10. The minimum Gasteiger partial charge on any atom is -0.477 e. The van der Waals surface area contributed by atoms with Gasteiger partial charge in [0.1, 0.15) is 11.4 Å². The first kappa shape index (κ1) is 14.1. The van der Waals surface area contributed by atoms with Crippen molar-refractivity contribution in [2.24, 2.45) is 5.92 Å². The number of aromatic carboxylic acids is 1. The molecule has 0 atom stereocenters. The van der Waals surface area contributed by atoms with Gasteiger partial charge in [-0.2, -0.15) is 4.98 Å². The number of nitrogens with one attached hydrogen (secondary N) is 1. The van der Waals surface area contributed by atoms with Crippen molar-refractivity contribution in [2.75, 3.05) is 5.32 Å². The number of carboxylic acid groups (broad SMARTS) is 1. The number of hydrogen-bond acceptors (Lipinski definition) is 4. The van der Waals surface area contributed by atoms with E-state index in [0.29, 0.717) is 5.82 Å². The lowest BCUT2D eigenvalue weighted by atomic mass is 9.84. The minimum atomic E-state index is -1.04. The van der Waals surface area contributed by atoms with Gasteiger partial charge in [-0.15, -0.1) is 0 Å². The van der Waals surface area contributed by atoms with Crippen LogP contribution >= 0.6 is 11.6 Å². The van der Waals surface area contributed by atoms with Crippen molar-refractivity contribution < 1.29 is 9.90 Å². The van der Waals surface area contributed by atoms with E-state index in [1.807, 2.05) is 0 Å². The van der Waals surface area contributed by atoms with E-state index < -0.39 is 5.97 Å². The zero-order chi connectivity index (χ0) is 13.8. The van der Waals surface area contributed by atoms with Gasteiger partial charge in [0, 0.05) is 12.2 Å². The van der Waals surface area contributed by atoms with E-state index >= 15 is 0 Å². The van der Waals surface area contributed by atoms with Gasteiger partial charge in [0.25, 0.3) is 0 Å². The van der Waals surface area contributed by atoms with Crippen LogP contribution in [0.15, 0.2) is 6.20 Å². The van der Waals surface area contributed by atoms with Gasteiger partial charge in [-0.05, 0) is 43.2 Å². The molecule has 0 unspecified atom stereocenters. The summed E-state index contributed by atoms with van der Waals surface area (Å²) in [5, 5.41) is 12.4. The lowest BCUT2D eigenvalue weighted by molar-refractivity contribution is 0.0697. The normalized spacial score (nSPS) is 23.1. The molecule has 0 bridgehead atoms. The number of hydrogen-bond donors (Lipinski definition) is 2. The summed E-state index contributed by atoms with van der Waals surface area (Å²) in [5.74, 6) is 0.0832. The molecule has 0 spiro atoms. The highest BCUT2D eigenvalue weighted by atomic mass is 35.5. The van der Waals surface area contributed by atoms with Crippen molar-refractivity contribution in [3.05, 3.63) is 17.0 Å². The summed E-state index contributed by atoms with van der Waals surface area (Å²) in [6, 6.07) is 0.270. The fourth-order valence-electron chi connectivity index (χ4n) is 2.54. The summed E-state index contributed by atoms with van der Waals surface area (Å²) in [7, 11) is 0. The lowest BCUT2D eigenvalue weighted by Crippen LogP contribution is -2.27. The third-order valence-electron chi connectivity index (χ3n) is 3.75. The summed E-state index contributed by atoms with van der Waals surface area (Å²) >= 11 is 5.73. The average Bonchev–Trinajstić information content (AvgIpc) is 2.39. The van der Waals surface area contributed by atoms with Gasteiger partial charge < -0.3 is 10.4 Å². The molecule has 1 saturated carbocycles. The van der Waals surface area contributed by atoms with Gasteiger partial charge in [0.05, 0.1) is 0 Å². The molecule has 0 aromatic carbocycles. The molecule has 0 radical (unpaired) electrons. The Kier molecular flexibility index (Phi) is 4.58. The number of rotatable bonds is 4. The average molecular weight is 284 g/mol. The fraction of sp³-hybridized carbons (Fsp3) is 0.615. The maximum Gasteiger partial charge on any atom is 0.341 e. The zero-order valence-electron chi connectivity index (χ0n) is 10.9. The zero-order valence-corrected chi connectivity index (χ0v) is 11.7. The van der Waals surface area contributed by atoms with Gasteiger partial charge in [0.15, 0.2) is 0 Å². The molecular weight excluding hydrogens is 266 g/mol. The molecule has 0 amide bonds. The van der Waals surface area contributed by atoms with E-state index in [1.165, 1.54) is 25.5 Å². The smallest absolute Gasteiger partial charge is 0.341 e. The Balaban J connectivity index is 2.06. The van der Waals surface area contributed by atoms with E-state index in [1.54, 1.807) is 0 Å². The second-order valence-corrected chi connectivity index (χ2v) is 5.31. The van der Waals surface area contributed by atoms with E-state index in [2.05, 4.69) is 22.2 Å². The molecule has 6 heteroatoms. The van der Waals surface area contributed by atoms with Crippen LogP contribution in [0.1, 0.15) is 49.4 Å². The standard InChI is InChI=1S/C13H18ClN3O2/c1-2-8-3-5-9(6-4-8)16-11-10(12(18)19)7-15-13(14)17-11/h7-9H,2-6H2,1H3,(H,18,19)(H,15,16,17). The largest absolute Gasteiger partial charge is 0.477 e. The molecular formula is C13H18ClN3O2. The topological polar surface area (TPSA) is 75.1 Å². The number of halogens is 1. The minimum absolute atomic E-state index is 0.0646. The molecule has 1 aliphatic carbocycles. The van der Waals surface area contributed by atoms with E-state index in [0.717, 1.165) is 18.8 Å². The van der Waals surface area contributed by atoms with Gasteiger partial charge in [-0.3, -0.25) is 0 Å². The van der Waals surface area contributed by atoms with Crippen molar-refractivity contribution >= 4 is 23.4 Å². The fourth-order valence-corrected chi connectivity index (χ4v) is 2.67. The first-order valence-corrected chi connectivity index (χ1v) is 7.00. The summed E-state index contributed by atoms with van der Waals surface area (Å²) < 4.78 is 0. The second-order valence-electron chi connectivity index (χ2n) is 4.98.